The lowest BCUT2D eigenvalue weighted by Gasteiger charge is -2.02. The summed E-state index contributed by atoms with van der Waals surface area (Å²) in [6.07, 6.45) is 3.07. The molecule has 0 radical (unpaired) electrons. The first-order valence-corrected chi connectivity index (χ1v) is 6.12. The van der Waals surface area contributed by atoms with Crippen molar-refractivity contribution in [2.75, 3.05) is 6.61 Å². The molecule has 0 saturated carbocycles. The van der Waals surface area contributed by atoms with Crippen molar-refractivity contribution in [1.82, 2.24) is 0 Å². The molecule has 0 aromatic heterocycles. The second-order valence-corrected chi connectivity index (χ2v) is 3.63. The van der Waals surface area contributed by atoms with E-state index >= 15 is 0 Å². The van der Waals surface area contributed by atoms with Gasteiger partial charge in [0.25, 0.3) is 0 Å². The maximum Gasteiger partial charge on any atom is 0.338 e. The number of esters is 2. The fourth-order valence-electron chi connectivity index (χ4n) is 1.08. The number of carbonyl (C=O) groups excluding carboxylic acids is 2. The first-order valence-electron chi connectivity index (χ1n) is 6.12. The van der Waals surface area contributed by atoms with Crippen LogP contribution < -0.4 is 0 Å². The average Bonchev–Trinajstić information content (AvgIpc) is 2.40. The summed E-state index contributed by atoms with van der Waals surface area (Å²) < 4.78 is 9.20. The quantitative estimate of drug-likeness (QED) is 0.465. The van der Waals surface area contributed by atoms with Crippen molar-refractivity contribution in [3.63, 3.8) is 0 Å². The summed E-state index contributed by atoms with van der Waals surface area (Å²) in [6.45, 7) is 7.06. The molecule has 1 aromatic carbocycles. The second-order valence-electron chi connectivity index (χ2n) is 3.63. The molecule has 0 aliphatic rings. The van der Waals surface area contributed by atoms with E-state index in [1.807, 2.05) is 18.2 Å². The molecule has 1 rings (SSSR count). The Kier molecular flexibility index (Phi) is 9.80. The number of hydrogen-bond donors (Lipinski definition) is 0. The molecule has 0 heterocycles. The van der Waals surface area contributed by atoms with E-state index in [2.05, 4.69) is 18.2 Å². The third kappa shape index (κ3) is 9.59. The van der Waals surface area contributed by atoms with Gasteiger partial charge in [-0.3, -0.25) is 4.79 Å². The van der Waals surface area contributed by atoms with E-state index in [1.54, 1.807) is 12.1 Å². The van der Waals surface area contributed by atoms with Crippen LogP contribution in [0.2, 0.25) is 0 Å². The summed E-state index contributed by atoms with van der Waals surface area (Å²) in [7, 11) is 0. The van der Waals surface area contributed by atoms with Crippen molar-refractivity contribution >= 4 is 11.9 Å². The molecule has 104 valence electrons. The molecule has 4 heteroatoms. The van der Waals surface area contributed by atoms with Crippen molar-refractivity contribution in [3.8, 4) is 0 Å². The molecule has 0 fully saturated rings. The first kappa shape index (κ1) is 16.9. The molecule has 19 heavy (non-hydrogen) atoms. The van der Waals surface area contributed by atoms with E-state index in [9.17, 15) is 9.59 Å². The number of rotatable bonds is 5. The third-order valence-electron chi connectivity index (χ3n) is 1.99. The predicted molar refractivity (Wildman–Crippen MR) is 73.6 cm³/mol. The van der Waals surface area contributed by atoms with Crippen LogP contribution in [0.25, 0.3) is 0 Å². The molecule has 0 atom stereocenters. The second kappa shape index (κ2) is 11.0. The van der Waals surface area contributed by atoms with E-state index in [0.717, 1.165) is 19.1 Å². The summed E-state index contributed by atoms with van der Waals surface area (Å²) in [4.78, 5) is 21.0. The van der Waals surface area contributed by atoms with Gasteiger partial charge in [0.2, 0.25) is 0 Å². The van der Waals surface area contributed by atoms with E-state index in [4.69, 9.17) is 4.74 Å². The van der Waals surface area contributed by atoms with E-state index in [1.165, 1.54) is 6.92 Å². The van der Waals surface area contributed by atoms with Gasteiger partial charge in [-0.05, 0) is 18.6 Å². The highest BCUT2D eigenvalue weighted by Crippen LogP contribution is 2.01. The highest BCUT2D eigenvalue weighted by Gasteiger charge is 2.03. The molecular weight excluding hydrogens is 244 g/mol. The molecule has 0 aliphatic carbocycles. The van der Waals surface area contributed by atoms with Crippen LogP contribution in [-0.4, -0.2) is 18.5 Å². The molecule has 0 amide bonds. The molecule has 0 aliphatic heterocycles. The Bertz CT molecular complexity index is 384. The minimum atomic E-state index is -0.329. The van der Waals surface area contributed by atoms with E-state index < -0.39 is 0 Å². The van der Waals surface area contributed by atoms with Crippen LogP contribution in [0.15, 0.2) is 43.2 Å². The molecule has 4 nitrogen and oxygen atoms in total. The Morgan fingerprint density at radius 1 is 1.26 bits per heavy atom. The number of benzene rings is 1. The topological polar surface area (TPSA) is 52.6 Å². The van der Waals surface area contributed by atoms with Crippen molar-refractivity contribution < 1.29 is 19.1 Å². The Morgan fingerprint density at radius 2 is 1.89 bits per heavy atom. The lowest BCUT2D eigenvalue weighted by Crippen LogP contribution is -2.05. The van der Waals surface area contributed by atoms with Gasteiger partial charge in [0.1, 0.15) is 0 Å². The highest BCUT2D eigenvalue weighted by molar-refractivity contribution is 5.89. The fourth-order valence-corrected chi connectivity index (χ4v) is 1.08. The summed E-state index contributed by atoms with van der Waals surface area (Å²) >= 11 is 0. The Labute approximate surface area is 114 Å². The monoisotopic (exact) mass is 264 g/mol. The highest BCUT2D eigenvalue weighted by atomic mass is 16.5. The van der Waals surface area contributed by atoms with Crippen molar-refractivity contribution in [2.24, 2.45) is 0 Å². The predicted octanol–water partition coefficient (Wildman–Crippen LogP) is 3.34. The zero-order valence-electron chi connectivity index (χ0n) is 11.4. The summed E-state index contributed by atoms with van der Waals surface area (Å²) in [5.74, 6) is -0.556. The van der Waals surface area contributed by atoms with Gasteiger partial charge in [-0.1, -0.05) is 38.1 Å². The summed E-state index contributed by atoms with van der Waals surface area (Å²) in [5, 5.41) is 0. The van der Waals surface area contributed by atoms with Gasteiger partial charge >= 0.3 is 11.9 Å². The van der Waals surface area contributed by atoms with Crippen LogP contribution in [-0.2, 0) is 14.3 Å². The van der Waals surface area contributed by atoms with Gasteiger partial charge in [-0.25, -0.2) is 4.79 Å². The Morgan fingerprint density at radius 3 is 2.32 bits per heavy atom. The normalized spacial score (nSPS) is 8.74. The zero-order chi connectivity index (χ0) is 14.5. The van der Waals surface area contributed by atoms with E-state index in [-0.39, 0.29) is 11.9 Å². The molecule has 1 aromatic rings. The van der Waals surface area contributed by atoms with Gasteiger partial charge in [0.15, 0.2) is 0 Å². The smallest absolute Gasteiger partial charge is 0.338 e. The van der Waals surface area contributed by atoms with Crippen LogP contribution >= 0.6 is 0 Å². The average molecular weight is 264 g/mol. The van der Waals surface area contributed by atoms with Crippen LogP contribution in [0, 0.1) is 0 Å². The third-order valence-corrected chi connectivity index (χ3v) is 1.99. The minimum Gasteiger partial charge on any atom is -0.462 e. The molecule has 0 spiro atoms. The largest absolute Gasteiger partial charge is 0.462 e. The van der Waals surface area contributed by atoms with Crippen LogP contribution in [0.1, 0.15) is 37.0 Å². The Balaban J connectivity index is 0.000000459. The molecule has 0 unspecified atom stereocenters. The van der Waals surface area contributed by atoms with Gasteiger partial charge in [0, 0.05) is 6.92 Å². The molecular formula is C15H20O4. The van der Waals surface area contributed by atoms with Gasteiger partial charge in [0.05, 0.1) is 18.4 Å². The maximum absolute atomic E-state index is 11.3. The number of carbonyl (C=O) groups is 2. The number of hydrogen-bond acceptors (Lipinski definition) is 4. The van der Waals surface area contributed by atoms with Gasteiger partial charge < -0.3 is 9.47 Å². The van der Waals surface area contributed by atoms with Crippen LogP contribution in [0.3, 0.4) is 0 Å². The van der Waals surface area contributed by atoms with E-state index in [0.29, 0.717) is 12.2 Å². The molecule has 0 N–H and O–H groups in total. The fraction of sp³-hybridized carbons (Fsp3) is 0.333. The maximum atomic E-state index is 11.3. The van der Waals surface area contributed by atoms with Gasteiger partial charge in [-0.15, -0.1) is 0 Å². The van der Waals surface area contributed by atoms with Crippen molar-refractivity contribution in [1.29, 1.82) is 0 Å². The standard InChI is InChI=1S/C11H14O2.C4H6O2/c1-2-3-9-13-11(12)10-7-5-4-6-8-10;1-3-6-4(2)5/h4-8H,2-3,9H2,1H3;3H,1H2,2H3. The summed E-state index contributed by atoms with van der Waals surface area (Å²) in [5.41, 5.74) is 0.624. The number of unbranched alkanes of at least 4 members (excludes halogenated alkanes) is 1. The van der Waals surface area contributed by atoms with Gasteiger partial charge in [-0.2, -0.15) is 0 Å². The molecule has 0 saturated heterocycles. The summed E-state index contributed by atoms with van der Waals surface area (Å²) in [6, 6.07) is 9.05. The van der Waals surface area contributed by atoms with Crippen LogP contribution in [0.4, 0.5) is 0 Å². The number of ether oxygens (including phenoxy) is 2. The van der Waals surface area contributed by atoms with Crippen LogP contribution in [0.5, 0.6) is 0 Å². The first-order chi connectivity index (χ1) is 9.11. The minimum absolute atomic E-state index is 0.228. The molecule has 0 bridgehead atoms. The lowest BCUT2D eigenvalue weighted by molar-refractivity contribution is -0.135. The van der Waals surface area contributed by atoms with Crippen molar-refractivity contribution in [2.45, 2.75) is 26.7 Å². The lowest BCUT2D eigenvalue weighted by atomic mass is 10.2. The Hall–Kier alpha value is -2.10. The zero-order valence-corrected chi connectivity index (χ0v) is 11.4. The SMILES string of the molecule is C=COC(C)=O.CCCCOC(=O)c1ccccc1. The van der Waals surface area contributed by atoms with Crippen molar-refractivity contribution in [3.05, 3.63) is 48.7 Å².